The highest BCUT2D eigenvalue weighted by atomic mass is 16.4. The summed E-state index contributed by atoms with van der Waals surface area (Å²) in [5.41, 5.74) is -0.575. The lowest BCUT2D eigenvalue weighted by Gasteiger charge is -2.26. The van der Waals surface area contributed by atoms with E-state index in [2.05, 4.69) is 19.1 Å². The molecule has 2 fully saturated rings. The summed E-state index contributed by atoms with van der Waals surface area (Å²) in [6, 6.07) is 0. The van der Waals surface area contributed by atoms with Crippen LogP contribution in [0.25, 0.3) is 0 Å². The van der Waals surface area contributed by atoms with Crippen molar-refractivity contribution in [1.82, 2.24) is 0 Å². The number of carboxylic acid groups (broad SMARTS) is 1. The van der Waals surface area contributed by atoms with Gasteiger partial charge in [0.1, 0.15) is 5.78 Å². The van der Waals surface area contributed by atoms with Gasteiger partial charge in [-0.1, -0.05) is 37.6 Å². The van der Waals surface area contributed by atoms with Crippen molar-refractivity contribution in [1.29, 1.82) is 0 Å². The van der Waals surface area contributed by atoms with E-state index in [1.807, 2.05) is 12.2 Å². The van der Waals surface area contributed by atoms with Crippen molar-refractivity contribution in [3.8, 4) is 0 Å². The Morgan fingerprint density at radius 2 is 2.00 bits per heavy atom. The first kappa shape index (κ1) is 21.8. The van der Waals surface area contributed by atoms with Crippen LogP contribution in [0.1, 0.15) is 71.1 Å². The van der Waals surface area contributed by atoms with Crippen LogP contribution >= 0.6 is 0 Å². The van der Waals surface area contributed by atoms with Crippen LogP contribution in [0.2, 0.25) is 0 Å². The summed E-state index contributed by atoms with van der Waals surface area (Å²) in [4.78, 5) is 22.8. The van der Waals surface area contributed by atoms with Gasteiger partial charge in [0.2, 0.25) is 0 Å². The minimum atomic E-state index is -1.33. The highest BCUT2D eigenvalue weighted by molar-refractivity contribution is 5.83. The van der Waals surface area contributed by atoms with Gasteiger partial charge in [-0.2, -0.15) is 0 Å². The number of carbonyl (C=O) groups is 2. The van der Waals surface area contributed by atoms with Crippen LogP contribution in [-0.2, 0) is 9.59 Å². The lowest BCUT2D eigenvalue weighted by molar-refractivity contribution is -0.146. The molecular weight excluding hydrogens is 344 g/mol. The molecule has 0 aromatic carbocycles. The Hall–Kier alpha value is -1.46. The van der Waals surface area contributed by atoms with Crippen molar-refractivity contribution in [3.05, 3.63) is 24.3 Å². The first-order valence-corrected chi connectivity index (χ1v) is 10.3. The zero-order valence-corrected chi connectivity index (χ0v) is 16.3. The van der Waals surface area contributed by atoms with Gasteiger partial charge in [-0.3, -0.25) is 4.79 Å². The molecule has 2 aliphatic rings. The molecule has 27 heavy (non-hydrogen) atoms. The maximum absolute atomic E-state index is 12.2. The maximum Gasteiger partial charge on any atom is 0.332 e. The normalized spacial score (nSPS) is 26.7. The van der Waals surface area contributed by atoms with Gasteiger partial charge >= 0.3 is 5.97 Å². The zero-order chi connectivity index (χ0) is 19.9. The molecular formula is C22H34O5. The molecule has 2 unspecified atom stereocenters. The van der Waals surface area contributed by atoms with Crippen LogP contribution in [-0.4, -0.2) is 38.8 Å². The minimum Gasteiger partial charge on any atom is -0.479 e. The molecule has 0 heterocycles. The van der Waals surface area contributed by atoms with E-state index in [0.717, 1.165) is 32.1 Å². The molecule has 0 radical (unpaired) electrons. The predicted octanol–water partition coefficient (Wildman–Crippen LogP) is 3.64. The standard InChI is InChI=1S/C22H34O5/c1-2-14-22(27,17-11-12-17)15-6-7-16-10-13-19(23)18(16)8-4-3-5-9-20(24)21(25)26/h3-4,6-7,16-18,20,24,27H,2,5,8-15H2,1H3,(H,25,26)/t16-,18+,20?,22?/m0/s1. The van der Waals surface area contributed by atoms with E-state index < -0.39 is 17.7 Å². The second-order valence-corrected chi connectivity index (χ2v) is 8.17. The third-order valence-corrected chi connectivity index (χ3v) is 5.98. The molecule has 5 heteroatoms. The van der Waals surface area contributed by atoms with Crippen LogP contribution in [0.5, 0.6) is 0 Å². The van der Waals surface area contributed by atoms with Gasteiger partial charge in [0, 0.05) is 12.3 Å². The van der Waals surface area contributed by atoms with Crippen LogP contribution < -0.4 is 0 Å². The predicted molar refractivity (Wildman–Crippen MR) is 104 cm³/mol. The molecule has 0 bridgehead atoms. The number of carbonyl (C=O) groups excluding carboxylic acids is 1. The van der Waals surface area contributed by atoms with Crippen molar-refractivity contribution in [2.45, 2.75) is 82.8 Å². The largest absolute Gasteiger partial charge is 0.479 e. The lowest BCUT2D eigenvalue weighted by atomic mass is 9.86. The minimum absolute atomic E-state index is 0.0258. The van der Waals surface area contributed by atoms with E-state index >= 15 is 0 Å². The molecule has 5 nitrogen and oxygen atoms in total. The van der Waals surface area contributed by atoms with E-state index in [1.165, 1.54) is 0 Å². The fraction of sp³-hybridized carbons (Fsp3) is 0.727. The van der Waals surface area contributed by atoms with Crippen molar-refractivity contribution < 1.29 is 24.9 Å². The van der Waals surface area contributed by atoms with Gasteiger partial charge in [-0.25, -0.2) is 4.79 Å². The van der Waals surface area contributed by atoms with Gasteiger partial charge < -0.3 is 15.3 Å². The van der Waals surface area contributed by atoms with Crippen molar-refractivity contribution in [2.24, 2.45) is 17.8 Å². The Labute approximate surface area is 162 Å². The Morgan fingerprint density at radius 3 is 2.63 bits per heavy atom. The van der Waals surface area contributed by atoms with Gasteiger partial charge in [-0.15, -0.1) is 0 Å². The van der Waals surface area contributed by atoms with Crippen molar-refractivity contribution in [3.63, 3.8) is 0 Å². The van der Waals surface area contributed by atoms with E-state index in [9.17, 15) is 19.8 Å². The Kier molecular flexibility index (Phi) is 8.24. The number of hydrogen-bond acceptors (Lipinski definition) is 4. The van der Waals surface area contributed by atoms with E-state index in [-0.39, 0.29) is 24.0 Å². The molecule has 0 amide bonds. The monoisotopic (exact) mass is 378 g/mol. The molecule has 2 rings (SSSR count). The van der Waals surface area contributed by atoms with Crippen LogP contribution in [0, 0.1) is 17.8 Å². The fourth-order valence-electron chi connectivity index (χ4n) is 4.18. The number of allylic oxidation sites excluding steroid dienone is 3. The number of aliphatic hydroxyl groups excluding tert-OH is 1. The highest BCUT2D eigenvalue weighted by Gasteiger charge is 2.42. The van der Waals surface area contributed by atoms with Crippen LogP contribution in [0.15, 0.2) is 24.3 Å². The lowest BCUT2D eigenvalue weighted by Crippen LogP contribution is -2.30. The Balaban J connectivity index is 1.81. The zero-order valence-electron chi connectivity index (χ0n) is 16.3. The third kappa shape index (κ3) is 6.58. The molecule has 0 aromatic heterocycles. The SMILES string of the molecule is CCCC(O)(CC=C[C@H]1CCC(=O)[C@@H]1CC=CCCC(O)C(=O)O)C1CC1. The second kappa shape index (κ2) is 10.2. The average molecular weight is 379 g/mol. The number of carboxylic acids is 1. The fourth-order valence-corrected chi connectivity index (χ4v) is 4.18. The van der Waals surface area contributed by atoms with Crippen LogP contribution in [0.3, 0.4) is 0 Å². The number of aliphatic hydroxyl groups is 2. The van der Waals surface area contributed by atoms with Crippen molar-refractivity contribution in [2.75, 3.05) is 0 Å². The summed E-state index contributed by atoms with van der Waals surface area (Å²) in [5, 5.41) is 28.7. The number of aliphatic carboxylic acids is 1. The molecule has 0 aromatic rings. The molecule has 3 N–H and O–H groups in total. The molecule has 2 saturated carbocycles. The van der Waals surface area contributed by atoms with Crippen molar-refractivity contribution >= 4 is 11.8 Å². The molecule has 152 valence electrons. The summed E-state index contributed by atoms with van der Waals surface area (Å²) >= 11 is 0. The van der Waals surface area contributed by atoms with Gasteiger partial charge in [-0.05, 0) is 63.2 Å². The van der Waals surface area contributed by atoms with Gasteiger partial charge in [0.25, 0.3) is 0 Å². The highest BCUT2D eigenvalue weighted by Crippen LogP contribution is 2.44. The molecule has 4 atom stereocenters. The van der Waals surface area contributed by atoms with Crippen LogP contribution in [0.4, 0.5) is 0 Å². The quantitative estimate of drug-likeness (QED) is 0.451. The van der Waals surface area contributed by atoms with E-state index in [1.54, 1.807) is 0 Å². The summed E-state index contributed by atoms with van der Waals surface area (Å²) in [7, 11) is 0. The summed E-state index contributed by atoms with van der Waals surface area (Å²) in [6.07, 6.45) is 14.2. The molecule has 0 aliphatic heterocycles. The first-order valence-electron chi connectivity index (χ1n) is 10.3. The molecule has 0 saturated heterocycles. The van der Waals surface area contributed by atoms with Gasteiger partial charge in [0.05, 0.1) is 5.60 Å². The van der Waals surface area contributed by atoms with E-state index in [0.29, 0.717) is 31.6 Å². The smallest absolute Gasteiger partial charge is 0.332 e. The second-order valence-electron chi connectivity index (χ2n) is 8.17. The summed E-state index contributed by atoms with van der Waals surface area (Å²) < 4.78 is 0. The maximum atomic E-state index is 12.2. The topological polar surface area (TPSA) is 94.8 Å². The summed E-state index contributed by atoms with van der Waals surface area (Å²) in [6.45, 7) is 2.10. The molecule has 2 aliphatic carbocycles. The molecule has 0 spiro atoms. The summed E-state index contributed by atoms with van der Waals surface area (Å²) in [5.74, 6) is -0.286. The number of Topliss-reactive ketones (excluding diaryl/α,β-unsaturated/α-hetero) is 1. The number of hydrogen-bond donors (Lipinski definition) is 3. The van der Waals surface area contributed by atoms with E-state index in [4.69, 9.17) is 5.11 Å². The number of ketones is 1. The first-order chi connectivity index (χ1) is 12.9. The average Bonchev–Trinajstić information content (AvgIpc) is 3.42. The Morgan fingerprint density at radius 1 is 1.26 bits per heavy atom. The number of rotatable bonds is 12. The Bertz CT molecular complexity index is 563. The van der Waals surface area contributed by atoms with Gasteiger partial charge in [0.15, 0.2) is 6.10 Å². The third-order valence-electron chi connectivity index (χ3n) is 5.98.